The highest BCUT2D eigenvalue weighted by atomic mass is 16.1. The SMILES string of the molecule is CC(=O)CCc1ccc(C)n1CCN(C)C.CCC(=O)CCC(=O)CCC(C)=O. The average Bonchev–Trinajstić information content (AvgIpc) is 3.01. The van der Waals surface area contributed by atoms with Crippen LogP contribution in [0.4, 0.5) is 0 Å². The molecule has 1 heterocycles. The first-order valence-corrected chi connectivity index (χ1v) is 10.4. The molecule has 6 heteroatoms. The van der Waals surface area contributed by atoms with Gasteiger partial charge in [0.15, 0.2) is 0 Å². The lowest BCUT2D eigenvalue weighted by atomic mass is 10.1. The second-order valence-electron chi connectivity index (χ2n) is 7.76. The van der Waals surface area contributed by atoms with Crippen LogP contribution in [0.2, 0.25) is 0 Å². The molecule has 0 bridgehead atoms. The normalized spacial score (nSPS) is 10.4. The third-order valence-corrected chi connectivity index (χ3v) is 4.63. The Morgan fingerprint density at radius 1 is 0.862 bits per heavy atom. The number of aryl methyl sites for hydroxylation is 2. The van der Waals surface area contributed by atoms with Crippen LogP contribution in [0.25, 0.3) is 0 Å². The highest BCUT2D eigenvalue weighted by Crippen LogP contribution is 2.11. The summed E-state index contributed by atoms with van der Waals surface area (Å²) in [5, 5.41) is 0. The van der Waals surface area contributed by atoms with Gasteiger partial charge in [0.1, 0.15) is 23.1 Å². The number of Topliss-reactive ketones (excluding diaryl/α,β-unsaturated/α-hetero) is 4. The number of rotatable bonds is 13. The molecule has 1 aromatic heterocycles. The van der Waals surface area contributed by atoms with Crippen LogP contribution < -0.4 is 0 Å². The number of aromatic nitrogens is 1. The maximum atomic E-state index is 11.1. The van der Waals surface area contributed by atoms with Crippen LogP contribution in [-0.2, 0) is 32.1 Å². The van der Waals surface area contributed by atoms with Crippen LogP contribution in [0, 0.1) is 6.92 Å². The minimum atomic E-state index is 0.0111. The van der Waals surface area contributed by atoms with E-state index < -0.39 is 0 Å². The molecule has 0 aliphatic rings. The number of nitrogens with zero attached hydrogens (tertiary/aromatic N) is 2. The fourth-order valence-electron chi connectivity index (χ4n) is 2.66. The van der Waals surface area contributed by atoms with Crippen molar-refractivity contribution in [2.45, 2.75) is 79.2 Å². The maximum Gasteiger partial charge on any atom is 0.133 e. The zero-order valence-corrected chi connectivity index (χ0v) is 19.0. The van der Waals surface area contributed by atoms with Gasteiger partial charge in [-0.3, -0.25) is 9.59 Å². The van der Waals surface area contributed by atoms with Crippen molar-refractivity contribution in [3.8, 4) is 0 Å². The van der Waals surface area contributed by atoms with E-state index in [-0.39, 0.29) is 29.6 Å². The second-order valence-corrected chi connectivity index (χ2v) is 7.76. The van der Waals surface area contributed by atoms with Gasteiger partial charge in [-0.05, 0) is 53.4 Å². The smallest absolute Gasteiger partial charge is 0.133 e. The lowest BCUT2D eigenvalue weighted by Gasteiger charge is -2.15. The first-order valence-electron chi connectivity index (χ1n) is 10.4. The molecule has 0 N–H and O–H groups in total. The van der Waals surface area contributed by atoms with Crippen molar-refractivity contribution >= 4 is 23.1 Å². The molecule has 0 atom stereocenters. The van der Waals surface area contributed by atoms with Crippen LogP contribution in [0.3, 0.4) is 0 Å². The highest BCUT2D eigenvalue weighted by Gasteiger charge is 2.07. The second kappa shape index (κ2) is 14.9. The molecule has 0 aliphatic heterocycles. The number of hydrogen-bond acceptors (Lipinski definition) is 5. The summed E-state index contributed by atoms with van der Waals surface area (Å²) < 4.78 is 2.31. The van der Waals surface area contributed by atoms with Crippen LogP contribution in [-0.4, -0.2) is 53.2 Å². The van der Waals surface area contributed by atoms with E-state index in [0.29, 0.717) is 32.1 Å². The monoisotopic (exact) mass is 406 g/mol. The molecule has 1 aromatic rings. The summed E-state index contributed by atoms with van der Waals surface area (Å²) in [5.74, 6) is 0.404. The van der Waals surface area contributed by atoms with Crippen molar-refractivity contribution < 1.29 is 19.2 Å². The predicted octanol–water partition coefficient (Wildman–Crippen LogP) is 3.56. The zero-order chi connectivity index (χ0) is 22.4. The number of carbonyl (C=O) groups excluding carboxylic acids is 4. The minimum Gasteiger partial charge on any atom is -0.348 e. The molecule has 1 rings (SSSR count). The zero-order valence-electron chi connectivity index (χ0n) is 19.0. The van der Waals surface area contributed by atoms with Gasteiger partial charge in [-0.15, -0.1) is 0 Å². The van der Waals surface area contributed by atoms with Gasteiger partial charge in [0.2, 0.25) is 0 Å². The summed E-state index contributed by atoms with van der Waals surface area (Å²) in [4.78, 5) is 45.6. The molecule has 0 fully saturated rings. The molecule has 0 radical (unpaired) electrons. The highest BCUT2D eigenvalue weighted by molar-refractivity contribution is 5.88. The van der Waals surface area contributed by atoms with E-state index in [0.717, 1.165) is 19.5 Å². The molecule has 0 aliphatic carbocycles. The summed E-state index contributed by atoms with van der Waals surface area (Å²) in [6.07, 6.45) is 3.20. The number of ketones is 4. The largest absolute Gasteiger partial charge is 0.348 e. The van der Waals surface area contributed by atoms with Gasteiger partial charge in [0.25, 0.3) is 0 Å². The fourth-order valence-corrected chi connectivity index (χ4v) is 2.66. The lowest BCUT2D eigenvalue weighted by molar-refractivity contribution is -0.125. The number of hydrogen-bond donors (Lipinski definition) is 0. The Bertz CT molecular complexity index is 674. The van der Waals surface area contributed by atoms with E-state index in [9.17, 15) is 19.2 Å². The van der Waals surface area contributed by atoms with E-state index >= 15 is 0 Å². The summed E-state index contributed by atoms with van der Waals surface area (Å²) in [6, 6.07) is 4.26. The standard InChI is InChI=1S/C13H22N2O.C10H16O3/c1-11-5-7-13(8-6-12(2)16)15(11)10-9-14(3)4;1-3-9(12)6-7-10(13)5-4-8(2)11/h5,7H,6,8-10H2,1-4H3;3-7H2,1-2H3. The van der Waals surface area contributed by atoms with E-state index in [1.165, 1.54) is 18.3 Å². The van der Waals surface area contributed by atoms with Gasteiger partial charge in [-0.1, -0.05) is 6.92 Å². The van der Waals surface area contributed by atoms with E-state index in [4.69, 9.17) is 0 Å². The molecule has 0 aromatic carbocycles. The Morgan fingerprint density at radius 2 is 1.41 bits per heavy atom. The molecule has 6 nitrogen and oxygen atoms in total. The van der Waals surface area contributed by atoms with Crippen molar-refractivity contribution in [1.82, 2.24) is 9.47 Å². The number of carbonyl (C=O) groups is 4. The lowest BCUT2D eigenvalue weighted by Crippen LogP contribution is -2.20. The predicted molar refractivity (Wildman–Crippen MR) is 116 cm³/mol. The summed E-state index contributed by atoms with van der Waals surface area (Å²) >= 11 is 0. The average molecular weight is 407 g/mol. The van der Waals surface area contributed by atoms with Crippen molar-refractivity contribution in [3.05, 3.63) is 23.5 Å². The quantitative estimate of drug-likeness (QED) is 0.501. The molecular weight excluding hydrogens is 368 g/mol. The van der Waals surface area contributed by atoms with Crippen LogP contribution in [0.5, 0.6) is 0 Å². The van der Waals surface area contributed by atoms with Crippen LogP contribution in [0.15, 0.2) is 12.1 Å². The van der Waals surface area contributed by atoms with E-state index in [2.05, 4.69) is 42.6 Å². The van der Waals surface area contributed by atoms with Crippen LogP contribution >= 0.6 is 0 Å². The topological polar surface area (TPSA) is 76.5 Å². The Labute approximate surface area is 175 Å². The Balaban J connectivity index is 0.000000555. The first kappa shape index (κ1) is 26.9. The molecule has 0 spiro atoms. The number of likely N-dealkylation sites (N-methyl/N-ethyl adjacent to an activating group) is 1. The molecule has 0 unspecified atom stereocenters. The fraction of sp³-hybridized carbons (Fsp3) is 0.652. The molecule has 29 heavy (non-hydrogen) atoms. The summed E-state index contributed by atoms with van der Waals surface area (Å²) in [6.45, 7) is 9.04. The van der Waals surface area contributed by atoms with Gasteiger partial charge in [0, 0.05) is 63.0 Å². The third-order valence-electron chi connectivity index (χ3n) is 4.63. The molecule has 0 saturated carbocycles. The molecule has 0 amide bonds. The molecular formula is C23H38N2O4. The van der Waals surface area contributed by atoms with Crippen molar-refractivity contribution in [2.24, 2.45) is 0 Å². The van der Waals surface area contributed by atoms with Gasteiger partial charge in [-0.2, -0.15) is 0 Å². The summed E-state index contributed by atoms with van der Waals surface area (Å²) in [5.41, 5.74) is 2.55. The van der Waals surface area contributed by atoms with Gasteiger partial charge in [0.05, 0.1) is 0 Å². The third kappa shape index (κ3) is 13.7. The van der Waals surface area contributed by atoms with Gasteiger partial charge in [-0.25, -0.2) is 0 Å². The molecule has 164 valence electrons. The van der Waals surface area contributed by atoms with Crippen molar-refractivity contribution in [2.75, 3.05) is 20.6 Å². The van der Waals surface area contributed by atoms with Gasteiger partial charge >= 0.3 is 0 Å². The van der Waals surface area contributed by atoms with Crippen molar-refractivity contribution in [3.63, 3.8) is 0 Å². The minimum absolute atomic E-state index is 0.0111. The van der Waals surface area contributed by atoms with Crippen molar-refractivity contribution in [1.29, 1.82) is 0 Å². The summed E-state index contributed by atoms with van der Waals surface area (Å²) in [7, 11) is 4.15. The first-order chi connectivity index (χ1) is 13.6. The van der Waals surface area contributed by atoms with E-state index in [1.807, 2.05) is 0 Å². The molecule has 0 saturated heterocycles. The van der Waals surface area contributed by atoms with Crippen LogP contribution in [0.1, 0.15) is 70.7 Å². The Kier molecular flexibility index (Phi) is 13.8. The Hall–Kier alpha value is -2.08. The Morgan fingerprint density at radius 3 is 1.93 bits per heavy atom. The van der Waals surface area contributed by atoms with Gasteiger partial charge < -0.3 is 19.1 Å². The maximum absolute atomic E-state index is 11.1. The van der Waals surface area contributed by atoms with E-state index in [1.54, 1.807) is 13.8 Å².